The second kappa shape index (κ2) is 8.02. The highest BCUT2D eigenvalue weighted by molar-refractivity contribution is 9.10. The molecule has 0 saturated heterocycles. The lowest BCUT2D eigenvalue weighted by molar-refractivity contribution is 0.293. The molecule has 0 fully saturated rings. The van der Waals surface area contributed by atoms with Gasteiger partial charge >= 0.3 is 0 Å². The van der Waals surface area contributed by atoms with Gasteiger partial charge < -0.3 is 10.1 Å². The first-order valence-corrected chi connectivity index (χ1v) is 7.60. The van der Waals surface area contributed by atoms with Crippen LogP contribution in [-0.2, 0) is 13.2 Å². The number of pyridine rings is 1. The minimum Gasteiger partial charge on any atom is -0.473 e. The number of hydrogen-bond acceptors (Lipinski definition) is 3. The Balaban J connectivity index is 1.82. The Labute approximate surface area is 128 Å². The van der Waals surface area contributed by atoms with Gasteiger partial charge in [0, 0.05) is 23.3 Å². The maximum atomic E-state index is 5.67. The Morgan fingerprint density at radius 1 is 1.10 bits per heavy atom. The third-order valence-corrected chi connectivity index (χ3v) is 3.38. The normalized spacial score (nSPS) is 10.5. The predicted octanol–water partition coefficient (Wildman–Crippen LogP) is 3.92. The molecule has 2 aromatic rings. The van der Waals surface area contributed by atoms with Gasteiger partial charge in [-0.1, -0.05) is 41.1 Å². The van der Waals surface area contributed by atoms with Gasteiger partial charge in [0.05, 0.1) is 0 Å². The van der Waals surface area contributed by atoms with Gasteiger partial charge in [-0.25, -0.2) is 4.98 Å². The number of hydrogen-bond donors (Lipinski definition) is 1. The molecule has 0 unspecified atom stereocenters. The molecule has 0 atom stereocenters. The summed E-state index contributed by atoms with van der Waals surface area (Å²) in [5.41, 5.74) is 2.30. The zero-order chi connectivity index (χ0) is 14.2. The summed E-state index contributed by atoms with van der Waals surface area (Å²) in [7, 11) is 0. The number of rotatable bonds is 7. The van der Waals surface area contributed by atoms with Crippen molar-refractivity contribution in [1.29, 1.82) is 0 Å². The van der Waals surface area contributed by atoms with Crippen LogP contribution in [0.4, 0.5) is 0 Å². The van der Waals surface area contributed by atoms with E-state index in [0.29, 0.717) is 12.5 Å². The highest BCUT2D eigenvalue weighted by Crippen LogP contribution is 2.13. The van der Waals surface area contributed by atoms with E-state index >= 15 is 0 Å². The van der Waals surface area contributed by atoms with Crippen LogP contribution in [0, 0.1) is 0 Å². The maximum absolute atomic E-state index is 5.67. The van der Waals surface area contributed by atoms with Crippen LogP contribution >= 0.6 is 15.9 Å². The highest BCUT2D eigenvalue weighted by atomic mass is 79.9. The Kier molecular flexibility index (Phi) is 6.02. The Morgan fingerprint density at radius 2 is 1.85 bits per heavy atom. The first kappa shape index (κ1) is 15.0. The molecule has 0 saturated carbocycles. The first-order valence-electron chi connectivity index (χ1n) is 6.81. The van der Waals surface area contributed by atoms with E-state index in [9.17, 15) is 0 Å². The number of nitrogens with zero attached hydrogens (tertiary/aromatic N) is 1. The molecule has 0 bridgehead atoms. The zero-order valence-corrected chi connectivity index (χ0v) is 13.2. The summed E-state index contributed by atoms with van der Waals surface area (Å²) in [5, 5.41) is 3.35. The molecule has 4 heteroatoms. The third-order valence-electron chi connectivity index (χ3n) is 2.85. The van der Waals surface area contributed by atoms with Crippen LogP contribution in [0.15, 0.2) is 47.1 Å². The van der Waals surface area contributed by atoms with Gasteiger partial charge in [0.1, 0.15) is 6.61 Å². The van der Waals surface area contributed by atoms with Gasteiger partial charge in [0.2, 0.25) is 5.88 Å². The fourth-order valence-corrected chi connectivity index (χ4v) is 2.01. The van der Waals surface area contributed by atoms with Crippen LogP contribution in [0.2, 0.25) is 0 Å². The van der Waals surface area contributed by atoms with E-state index in [2.05, 4.69) is 33.2 Å². The van der Waals surface area contributed by atoms with Crippen molar-refractivity contribution in [1.82, 2.24) is 10.3 Å². The quantitative estimate of drug-likeness (QED) is 0.779. The van der Waals surface area contributed by atoms with E-state index in [-0.39, 0.29) is 0 Å². The van der Waals surface area contributed by atoms with Crippen molar-refractivity contribution in [3.05, 3.63) is 58.2 Å². The molecule has 2 rings (SSSR count). The fourth-order valence-electron chi connectivity index (χ4n) is 1.75. The lowest BCUT2D eigenvalue weighted by atomic mass is 10.2. The predicted molar refractivity (Wildman–Crippen MR) is 84.7 cm³/mol. The van der Waals surface area contributed by atoms with E-state index in [1.807, 2.05) is 42.6 Å². The third kappa shape index (κ3) is 4.94. The van der Waals surface area contributed by atoms with E-state index in [1.54, 1.807) is 0 Å². The molecule has 106 valence electrons. The van der Waals surface area contributed by atoms with Crippen molar-refractivity contribution in [3.63, 3.8) is 0 Å². The van der Waals surface area contributed by atoms with Crippen LogP contribution in [-0.4, -0.2) is 11.5 Å². The lowest BCUT2D eigenvalue weighted by Gasteiger charge is -2.07. The van der Waals surface area contributed by atoms with Gasteiger partial charge in [0.15, 0.2) is 0 Å². The maximum Gasteiger partial charge on any atom is 0.213 e. The number of ether oxygens (including phenoxy) is 1. The smallest absolute Gasteiger partial charge is 0.213 e. The average Bonchev–Trinajstić information content (AvgIpc) is 2.48. The molecule has 1 aromatic heterocycles. The minimum atomic E-state index is 0.535. The van der Waals surface area contributed by atoms with E-state index < -0.39 is 0 Å². The standard InChI is InChI=1S/C16H19BrN2O/c1-2-9-18-10-14-5-8-16(19-11-14)20-12-13-3-6-15(17)7-4-13/h3-8,11,18H,2,9-10,12H2,1H3. The Morgan fingerprint density at radius 3 is 2.50 bits per heavy atom. The van der Waals surface area contributed by atoms with Crippen LogP contribution < -0.4 is 10.1 Å². The monoisotopic (exact) mass is 334 g/mol. The molecule has 0 radical (unpaired) electrons. The molecule has 1 aromatic carbocycles. The second-order valence-electron chi connectivity index (χ2n) is 4.60. The average molecular weight is 335 g/mol. The molecule has 0 spiro atoms. The van der Waals surface area contributed by atoms with Crippen molar-refractivity contribution < 1.29 is 4.74 Å². The van der Waals surface area contributed by atoms with Crippen molar-refractivity contribution in [2.45, 2.75) is 26.5 Å². The number of nitrogens with one attached hydrogen (secondary N) is 1. The summed E-state index contributed by atoms with van der Waals surface area (Å²) >= 11 is 3.42. The largest absolute Gasteiger partial charge is 0.473 e. The molecule has 0 aliphatic rings. The molecule has 20 heavy (non-hydrogen) atoms. The second-order valence-corrected chi connectivity index (χ2v) is 5.51. The molecular formula is C16H19BrN2O. The van der Waals surface area contributed by atoms with Crippen LogP contribution in [0.3, 0.4) is 0 Å². The van der Waals surface area contributed by atoms with Crippen LogP contribution in [0.25, 0.3) is 0 Å². The van der Waals surface area contributed by atoms with Crippen molar-refractivity contribution in [3.8, 4) is 5.88 Å². The molecule has 1 N–H and O–H groups in total. The number of aromatic nitrogens is 1. The van der Waals surface area contributed by atoms with E-state index in [0.717, 1.165) is 29.5 Å². The van der Waals surface area contributed by atoms with Gasteiger partial charge in [-0.15, -0.1) is 0 Å². The highest BCUT2D eigenvalue weighted by Gasteiger charge is 1.99. The van der Waals surface area contributed by atoms with Crippen molar-refractivity contribution >= 4 is 15.9 Å². The molecule has 3 nitrogen and oxygen atoms in total. The minimum absolute atomic E-state index is 0.535. The molecule has 1 heterocycles. The summed E-state index contributed by atoms with van der Waals surface area (Å²) in [5.74, 6) is 0.659. The van der Waals surface area contributed by atoms with Crippen molar-refractivity contribution in [2.75, 3.05) is 6.54 Å². The van der Waals surface area contributed by atoms with Gasteiger partial charge in [0.25, 0.3) is 0 Å². The van der Waals surface area contributed by atoms with Crippen molar-refractivity contribution in [2.24, 2.45) is 0 Å². The van der Waals surface area contributed by atoms with Gasteiger partial charge in [-0.3, -0.25) is 0 Å². The summed E-state index contributed by atoms with van der Waals surface area (Å²) in [4.78, 5) is 4.32. The number of halogens is 1. The Bertz CT molecular complexity index is 511. The summed E-state index contributed by atoms with van der Waals surface area (Å²) in [6.45, 7) is 4.58. The van der Waals surface area contributed by atoms with Gasteiger partial charge in [-0.2, -0.15) is 0 Å². The lowest BCUT2D eigenvalue weighted by Crippen LogP contribution is -2.13. The SMILES string of the molecule is CCCNCc1ccc(OCc2ccc(Br)cc2)nc1. The number of benzene rings is 1. The Hall–Kier alpha value is -1.39. The van der Waals surface area contributed by atoms with Gasteiger partial charge in [-0.05, 0) is 36.2 Å². The zero-order valence-electron chi connectivity index (χ0n) is 11.6. The summed E-state index contributed by atoms with van der Waals surface area (Å²) < 4.78 is 6.74. The topological polar surface area (TPSA) is 34.1 Å². The summed E-state index contributed by atoms with van der Waals surface area (Å²) in [6.07, 6.45) is 3.00. The molecule has 0 aliphatic carbocycles. The summed E-state index contributed by atoms with van der Waals surface area (Å²) in [6, 6.07) is 12.1. The first-order chi connectivity index (χ1) is 9.78. The fraction of sp³-hybridized carbons (Fsp3) is 0.312. The van der Waals surface area contributed by atoms with E-state index in [1.165, 1.54) is 5.56 Å². The van der Waals surface area contributed by atoms with E-state index in [4.69, 9.17) is 4.74 Å². The van der Waals surface area contributed by atoms with Crippen LogP contribution in [0.1, 0.15) is 24.5 Å². The molecule has 0 aliphatic heterocycles. The van der Waals surface area contributed by atoms with Crippen LogP contribution in [0.5, 0.6) is 5.88 Å². The molecular weight excluding hydrogens is 316 g/mol. The molecule has 0 amide bonds.